The maximum Gasteiger partial charge on any atom is 0.236 e. The first kappa shape index (κ1) is 14.9. The van der Waals surface area contributed by atoms with Crippen LogP contribution < -0.4 is 11.1 Å². The highest BCUT2D eigenvalue weighted by molar-refractivity contribution is 5.85. The Hall–Kier alpha value is -1.07. The van der Waals surface area contributed by atoms with E-state index in [1.807, 2.05) is 25.6 Å². The Morgan fingerprint density at radius 3 is 2.50 bits per heavy atom. The van der Waals surface area contributed by atoms with Crippen LogP contribution >= 0.6 is 12.4 Å². The minimum atomic E-state index is -0.470. The zero-order chi connectivity index (χ0) is 11.6. The molecular weight excluding hydrogens is 228 g/mol. The fourth-order valence-corrected chi connectivity index (χ4v) is 1.41. The van der Waals surface area contributed by atoms with E-state index in [9.17, 15) is 4.79 Å². The molecule has 0 bridgehead atoms. The first-order chi connectivity index (χ1) is 6.93. The number of nitrogens with zero attached hydrogens (tertiary/aromatic N) is 2. The molecule has 0 spiro atoms. The molecule has 0 saturated carbocycles. The smallest absolute Gasteiger partial charge is 0.236 e. The molecule has 0 aliphatic carbocycles. The van der Waals surface area contributed by atoms with Gasteiger partial charge in [-0.25, -0.2) is 0 Å². The topological polar surface area (TPSA) is 72.9 Å². The Kier molecular flexibility index (Phi) is 5.47. The van der Waals surface area contributed by atoms with Crippen molar-refractivity contribution in [2.24, 2.45) is 12.8 Å². The lowest BCUT2D eigenvalue weighted by atomic mass is 10.2. The van der Waals surface area contributed by atoms with E-state index in [4.69, 9.17) is 5.73 Å². The van der Waals surface area contributed by atoms with Crippen molar-refractivity contribution in [2.45, 2.75) is 33.4 Å². The van der Waals surface area contributed by atoms with Gasteiger partial charge in [-0.05, 0) is 20.8 Å². The van der Waals surface area contributed by atoms with E-state index in [1.165, 1.54) is 0 Å². The summed E-state index contributed by atoms with van der Waals surface area (Å²) >= 11 is 0. The number of amides is 1. The van der Waals surface area contributed by atoms with Gasteiger partial charge in [0.25, 0.3) is 0 Å². The second-order valence-electron chi connectivity index (χ2n) is 3.78. The molecule has 0 aliphatic rings. The van der Waals surface area contributed by atoms with E-state index < -0.39 is 6.04 Å². The van der Waals surface area contributed by atoms with Gasteiger partial charge in [-0.1, -0.05) is 0 Å². The highest BCUT2D eigenvalue weighted by atomic mass is 35.5. The third kappa shape index (κ3) is 3.21. The Morgan fingerprint density at radius 2 is 2.12 bits per heavy atom. The molecule has 92 valence electrons. The molecule has 1 aromatic rings. The summed E-state index contributed by atoms with van der Waals surface area (Å²) in [5.74, 6) is -0.141. The van der Waals surface area contributed by atoms with E-state index in [2.05, 4.69) is 10.4 Å². The zero-order valence-corrected chi connectivity index (χ0v) is 10.9. The maximum atomic E-state index is 11.3. The molecule has 3 N–H and O–H groups in total. The normalized spacial score (nSPS) is 11.8. The van der Waals surface area contributed by atoms with Crippen molar-refractivity contribution in [3.05, 3.63) is 17.0 Å². The van der Waals surface area contributed by atoms with Crippen molar-refractivity contribution in [3.8, 4) is 0 Å². The van der Waals surface area contributed by atoms with Crippen molar-refractivity contribution in [1.29, 1.82) is 0 Å². The van der Waals surface area contributed by atoms with Crippen molar-refractivity contribution in [1.82, 2.24) is 15.1 Å². The molecule has 1 atom stereocenters. The number of halogens is 1. The molecule has 0 saturated heterocycles. The summed E-state index contributed by atoms with van der Waals surface area (Å²) in [5, 5.41) is 7.04. The van der Waals surface area contributed by atoms with Crippen LogP contribution in [0.2, 0.25) is 0 Å². The lowest BCUT2D eigenvalue weighted by molar-refractivity contribution is -0.122. The number of nitrogens with two attached hydrogens (primary N) is 1. The highest BCUT2D eigenvalue weighted by Gasteiger charge is 2.11. The summed E-state index contributed by atoms with van der Waals surface area (Å²) in [7, 11) is 1.89. The lowest BCUT2D eigenvalue weighted by Crippen LogP contribution is -2.38. The minimum absolute atomic E-state index is 0. The van der Waals surface area contributed by atoms with E-state index in [0.717, 1.165) is 17.0 Å². The van der Waals surface area contributed by atoms with Crippen LogP contribution in [0.4, 0.5) is 0 Å². The SMILES string of the molecule is Cc1nn(C)c(C)c1CNC(=O)C(C)N.Cl. The molecule has 0 radical (unpaired) electrons. The van der Waals surface area contributed by atoms with Crippen LogP contribution in [0.15, 0.2) is 0 Å². The van der Waals surface area contributed by atoms with Crippen molar-refractivity contribution in [3.63, 3.8) is 0 Å². The quantitative estimate of drug-likeness (QED) is 0.812. The zero-order valence-electron chi connectivity index (χ0n) is 10.1. The maximum absolute atomic E-state index is 11.3. The summed E-state index contributed by atoms with van der Waals surface area (Å²) < 4.78 is 1.81. The number of hydrogen-bond donors (Lipinski definition) is 2. The molecule has 1 heterocycles. The van der Waals surface area contributed by atoms with E-state index in [1.54, 1.807) is 6.92 Å². The number of carbonyl (C=O) groups is 1. The van der Waals surface area contributed by atoms with E-state index in [-0.39, 0.29) is 18.3 Å². The second-order valence-corrected chi connectivity index (χ2v) is 3.78. The fourth-order valence-electron chi connectivity index (χ4n) is 1.41. The van der Waals surface area contributed by atoms with Gasteiger partial charge in [-0.15, -0.1) is 12.4 Å². The van der Waals surface area contributed by atoms with Gasteiger partial charge >= 0.3 is 0 Å². The van der Waals surface area contributed by atoms with Crippen LogP contribution in [0.1, 0.15) is 23.9 Å². The third-order valence-electron chi connectivity index (χ3n) is 2.51. The Morgan fingerprint density at radius 1 is 1.56 bits per heavy atom. The molecule has 1 rings (SSSR count). The number of hydrogen-bond acceptors (Lipinski definition) is 3. The van der Waals surface area contributed by atoms with Crippen molar-refractivity contribution < 1.29 is 4.79 Å². The largest absolute Gasteiger partial charge is 0.351 e. The Bertz CT molecular complexity index is 373. The monoisotopic (exact) mass is 246 g/mol. The molecule has 1 aromatic heterocycles. The lowest BCUT2D eigenvalue weighted by Gasteiger charge is -2.07. The van der Waals surface area contributed by atoms with Gasteiger partial charge in [-0.3, -0.25) is 9.48 Å². The molecular formula is C10H19ClN4O. The van der Waals surface area contributed by atoms with E-state index >= 15 is 0 Å². The summed E-state index contributed by atoms with van der Waals surface area (Å²) in [4.78, 5) is 11.3. The van der Waals surface area contributed by atoms with Crippen LogP contribution in [-0.4, -0.2) is 21.7 Å². The summed E-state index contributed by atoms with van der Waals surface area (Å²) in [6, 6.07) is -0.470. The molecule has 1 amide bonds. The predicted molar refractivity (Wildman–Crippen MR) is 65.4 cm³/mol. The van der Waals surface area contributed by atoms with Crippen LogP contribution in [0.5, 0.6) is 0 Å². The molecule has 1 unspecified atom stereocenters. The summed E-state index contributed by atoms with van der Waals surface area (Å²) in [6.07, 6.45) is 0. The predicted octanol–water partition coefficient (Wildman–Crippen LogP) is 0.422. The average molecular weight is 247 g/mol. The minimum Gasteiger partial charge on any atom is -0.351 e. The van der Waals surface area contributed by atoms with E-state index in [0.29, 0.717) is 6.54 Å². The van der Waals surface area contributed by atoms with Crippen LogP contribution in [0, 0.1) is 13.8 Å². The van der Waals surface area contributed by atoms with Gasteiger partial charge < -0.3 is 11.1 Å². The van der Waals surface area contributed by atoms with Gasteiger partial charge in [-0.2, -0.15) is 5.10 Å². The molecule has 16 heavy (non-hydrogen) atoms. The van der Waals surface area contributed by atoms with Crippen molar-refractivity contribution >= 4 is 18.3 Å². The number of aromatic nitrogens is 2. The first-order valence-corrected chi connectivity index (χ1v) is 4.96. The number of rotatable bonds is 3. The van der Waals surface area contributed by atoms with Crippen LogP contribution in [0.25, 0.3) is 0 Å². The van der Waals surface area contributed by atoms with Gasteiger partial charge in [0, 0.05) is 24.8 Å². The standard InChI is InChI=1S/C10H18N4O.ClH/c1-6(11)10(15)12-5-9-7(2)13-14(4)8(9)3;/h6H,5,11H2,1-4H3,(H,12,15);1H. The number of nitrogens with one attached hydrogen (secondary N) is 1. The van der Waals surface area contributed by atoms with Crippen molar-refractivity contribution in [2.75, 3.05) is 0 Å². The van der Waals surface area contributed by atoms with Crippen LogP contribution in [-0.2, 0) is 18.4 Å². The highest BCUT2D eigenvalue weighted by Crippen LogP contribution is 2.10. The number of carbonyl (C=O) groups excluding carboxylic acids is 1. The van der Waals surface area contributed by atoms with Gasteiger partial charge in [0.1, 0.15) is 0 Å². The summed E-state index contributed by atoms with van der Waals surface area (Å²) in [5.41, 5.74) is 8.52. The number of aryl methyl sites for hydroxylation is 2. The van der Waals surface area contributed by atoms with Crippen LogP contribution in [0.3, 0.4) is 0 Å². The van der Waals surface area contributed by atoms with Gasteiger partial charge in [0.2, 0.25) is 5.91 Å². The Balaban J connectivity index is 0.00000225. The average Bonchev–Trinajstić information content (AvgIpc) is 2.38. The van der Waals surface area contributed by atoms with Gasteiger partial charge in [0.15, 0.2) is 0 Å². The molecule has 0 aromatic carbocycles. The summed E-state index contributed by atoms with van der Waals surface area (Å²) in [6.45, 7) is 6.07. The van der Waals surface area contributed by atoms with Gasteiger partial charge in [0.05, 0.1) is 11.7 Å². The Labute approximate surface area is 102 Å². The molecule has 5 nitrogen and oxygen atoms in total. The third-order valence-corrected chi connectivity index (χ3v) is 2.51. The molecule has 0 aliphatic heterocycles. The molecule has 0 fully saturated rings. The molecule has 6 heteroatoms. The second kappa shape index (κ2) is 5.86. The fraction of sp³-hybridized carbons (Fsp3) is 0.600. The first-order valence-electron chi connectivity index (χ1n) is 4.96.